The van der Waals surface area contributed by atoms with Crippen molar-refractivity contribution in [2.75, 3.05) is 0 Å². The summed E-state index contributed by atoms with van der Waals surface area (Å²) in [7, 11) is 2.75. The molecule has 0 radical (unpaired) electrons. The third kappa shape index (κ3) is 2.20. The Morgan fingerprint density at radius 2 is 2.25 bits per heavy atom. The highest BCUT2D eigenvalue weighted by atomic mass is 31.0. The number of nitrogens with one attached hydrogen (secondary N) is 1. The summed E-state index contributed by atoms with van der Waals surface area (Å²) in [6, 6.07) is 0. The van der Waals surface area contributed by atoms with Crippen molar-refractivity contribution in [1.82, 2.24) is 5.48 Å². The maximum absolute atomic E-state index is 8.76. The lowest BCUT2D eigenvalue weighted by molar-refractivity contribution is 0.203. The SMILES string of the molecule is CC1=CC(C)(P)C=CC=C1NO. The largest absolute Gasteiger partial charge is 0.291 e. The fourth-order valence-corrected chi connectivity index (χ4v) is 1.56. The zero-order chi connectivity index (χ0) is 9.19. The predicted octanol–water partition coefficient (Wildman–Crippen LogP) is 2.00. The Kier molecular flexibility index (Phi) is 2.71. The Hall–Kier alpha value is -0.590. The van der Waals surface area contributed by atoms with Crippen molar-refractivity contribution < 1.29 is 5.21 Å². The topological polar surface area (TPSA) is 32.3 Å². The molecule has 66 valence electrons. The van der Waals surface area contributed by atoms with Gasteiger partial charge in [-0.3, -0.25) is 10.7 Å². The fraction of sp³-hybridized carbons (Fsp3) is 0.333. The van der Waals surface area contributed by atoms with Crippen LogP contribution in [0.5, 0.6) is 0 Å². The average molecular weight is 183 g/mol. The van der Waals surface area contributed by atoms with Crippen molar-refractivity contribution in [2.24, 2.45) is 0 Å². The molecule has 0 saturated heterocycles. The average Bonchev–Trinajstić information content (AvgIpc) is 2.07. The molecule has 0 aliphatic heterocycles. The first kappa shape index (κ1) is 9.50. The van der Waals surface area contributed by atoms with Crippen LogP contribution in [0.3, 0.4) is 0 Å². The maximum atomic E-state index is 8.76. The van der Waals surface area contributed by atoms with Crippen LogP contribution < -0.4 is 5.48 Å². The second-order valence-electron chi connectivity index (χ2n) is 3.24. The molecule has 0 saturated carbocycles. The van der Waals surface area contributed by atoms with Crippen molar-refractivity contribution in [1.29, 1.82) is 0 Å². The minimum atomic E-state index is -0.0147. The lowest BCUT2D eigenvalue weighted by atomic mass is 10.1. The molecule has 0 heterocycles. The first-order valence-corrected chi connectivity index (χ1v) is 4.41. The van der Waals surface area contributed by atoms with Gasteiger partial charge in [0.2, 0.25) is 0 Å². The third-order valence-corrected chi connectivity index (χ3v) is 2.15. The van der Waals surface area contributed by atoms with Gasteiger partial charge in [-0.2, -0.15) is 0 Å². The van der Waals surface area contributed by atoms with E-state index in [-0.39, 0.29) is 5.16 Å². The van der Waals surface area contributed by atoms with Crippen molar-refractivity contribution in [3.8, 4) is 0 Å². The van der Waals surface area contributed by atoms with Crippen molar-refractivity contribution in [3.05, 3.63) is 35.6 Å². The van der Waals surface area contributed by atoms with Crippen LogP contribution in [0, 0.1) is 0 Å². The normalized spacial score (nSPS) is 29.0. The van der Waals surface area contributed by atoms with Gasteiger partial charge in [0, 0.05) is 5.16 Å². The quantitative estimate of drug-likeness (QED) is 0.481. The van der Waals surface area contributed by atoms with Crippen LogP contribution in [0.15, 0.2) is 35.6 Å². The van der Waals surface area contributed by atoms with Crippen molar-refractivity contribution >= 4 is 9.24 Å². The maximum Gasteiger partial charge on any atom is 0.0628 e. The van der Waals surface area contributed by atoms with Gasteiger partial charge in [-0.15, -0.1) is 9.24 Å². The van der Waals surface area contributed by atoms with E-state index in [4.69, 9.17) is 5.21 Å². The van der Waals surface area contributed by atoms with Crippen LogP contribution in [0.25, 0.3) is 0 Å². The fourth-order valence-electron chi connectivity index (χ4n) is 1.20. The zero-order valence-electron chi connectivity index (χ0n) is 7.33. The van der Waals surface area contributed by atoms with Gasteiger partial charge in [0.1, 0.15) is 0 Å². The number of allylic oxidation sites excluding steroid dienone is 5. The van der Waals surface area contributed by atoms with E-state index < -0.39 is 0 Å². The summed E-state index contributed by atoms with van der Waals surface area (Å²) < 4.78 is 0. The molecule has 0 amide bonds. The molecule has 0 aromatic carbocycles. The highest BCUT2D eigenvalue weighted by molar-refractivity contribution is 7.19. The van der Waals surface area contributed by atoms with Crippen molar-refractivity contribution in [3.63, 3.8) is 0 Å². The molecule has 2 nitrogen and oxygen atoms in total. The smallest absolute Gasteiger partial charge is 0.0628 e. The standard InChI is InChI=1S/C9H14NOP/c1-7-6-9(2,12)5-3-4-8(7)10-11/h3-6,10-11H,12H2,1-2H3. The van der Waals surface area contributed by atoms with Crippen LogP contribution in [0.2, 0.25) is 0 Å². The molecule has 1 aliphatic carbocycles. The Labute approximate surface area is 75.2 Å². The molecular formula is C9H14NOP. The Bertz CT molecular complexity index is 264. The predicted molar refractivity (Wildman–Crippen MR) is 54.0 cm³/mol. The molecule has 0 fully saturated rings. The summed E-state index contributed by atoms with van der Waals surface area (Å²) in [5.41, 5.74) is 3.95. The van der Waals surface area contributed by atoms with E-state index in [0.717, 1.165) is 11.3 Å². The van der Waals surface area contributed by atoms with Crippen LogP contribution in [0.1, 0.15) is 13.8 Å². The summed E-state index contributed by atoms with van der Waals surface area (Å²) in [6.07, 6.45) is 7.92. The molecule has 1 rings (SSSR count). The van der Waals surface area contributed by atoms with Gasteiger partial charge in [0.15, 0.2) is 0 Å². The Morgan fingerprint density at radius 3 is 2.83 bits per heavy atom. The first-order chi connectivity index (χ1) is 5.55. The van der Waals surface area contributed by atoms with Gasteiger partial charge in [-0.05, 0) is 25.5 Å². The second kappa shape index (κ2) is 3.42. The number of hydroxylamine groups is 1. The van der Waals surface area contributed by atoms with Gasteiger partial charge in [0.25, 0.3) is 0 Å². The first-order valence-electron chi connectivity index (χ1n) is 3.83. The van der Waals surface area contributed by atoms with E-state index in [0.29, 0.717) is 0 Å². The van der Waals surface area contributed by atoms with Crippen LogP contribution in [-0.2, 0) is 0 Å². The number of hydrogen-bond donors (Lipinski definition) is 2. The van der Waals surface area contributed by atoms with Gasteiger partial charge in [-0.25, -0.2) is 0 Å². The number of rotatable bonds is 1. The van der Waals surface area contributed by atoms with Gasteiger partial charge >= 0.3 is 0 Å². The van der Waals surface area contributed by atoms with Gasteiger partial charge < -0.3 is 0 Å². The molecule has 2 atom stereocenters. The lowest BCUT2D eigenvalue weighted by Crippen LogP contribution is -2.10. The van der Waals surface area contributed by atoms with E-state index in [1.807, 2.05) is 19.1 Å². The third-order valence-electron chi connectivity index (χ3n) is 1.79. The minimum Gasteiger partial charge on any atom is -0.291 e. The van der Waals surface area contributed by atoms with Crippen LogP contribution >= 0.6 is 9.24 Å². The Morgan fingerprint density at radius 1 is 1.58 bits per heavy atom. The Balaban J connectivity index is 3.00. The lowest BCUT2D eigenvalue weighted by Gasteiger charge is -2.14. The summed E-state index contributed by atoms with van der Waals surface area (Å²) in [5, 5.41) is 8.74. The molecule has 0 bridgehead atoms. The van der Waals surface area contributed by atoms with Gasteiger partial charge in [-0.1, -0.05) is 18.2 Å². The molecule has 1 aliphatic rings. The molecule has 2 unspecified atom stereocenters. The summed E-state index contributed by atoms with van der Waals surface area (Å²) >= 11 is 0. The molecule has 0 aromatic rings. The van der Waals surface area contributed by atoms with E-state index in [9.17, 15) is 0 Å². The number of hydrogen-bond acceptors (Lipinski definition) is 2. The van der Waals surface area contributed by atoms with E-state index in [1.165, 1.54) is 0 Å². The summed E-state index contributed by atoms with van der Waals surface area (Å²) in [5.74, 6) is 0. The molecule has 0 spiro atoms. The molecule has 0 aromatic heterocycles. The monoisotopic (exact) mass is 183 g/mol. The van der Waals surface area contributed by atoms with Crippen LogP contribution in [0.4, 0.5) is 0 Å². The molecule has 2 N–H and O–H groups in total. The molecule has 12 heavy (non-hydrogen) atoms. The second-order valence-corrected chi connectivity index (χ2v) is 4.49. The van der Waals surface area contributed by atoms with E-state index >= 15 is 0 Å². The minimum absolute atomic E-state index is 0.0147. The molecular weight excluding hydrogens is 169 g/mol. The summed E-state index contributed by atoms with van der Waals surface area (Å²) in [4.78, 5) is 0. The van der Waals surface area contributed by atoms with E-state index in [2.05, 4.69) is 33.8 Å². The van der Waals surface area contributed by atoms with Crippen LogP contribution in [-0.4, -0.2) is 10.4 Å². The zero-order valence-corrected chi connectivity index (χ0v) is 8.49. The van der Waals surface area contributed by atoms with Crippen molar-refractivity contribution in [2.45, 2.75) is 19.0 Å². The summed E-state index contributed by atoms with van der Waals surface area (Å²) in [6.45, 7) is 4.05. The molecule has 3 heteroatoms. The highest BCUT2D eigenvalue weighted by Crippen LogP contribution is 2.26. The highest BCUT2D eigenvalue weighted by Gasteiger charge is 2.13. The van der Waals surface area contributed by atoms with E-state index in [1.54, 1.807) is 0 Å². The van der Waals surface area contributed by atoms with Gasteiger partial charge in [0.05, 0.1) is 5.70 Å².